The van der Waals surface area contributed by atoms with Crippen LogP contribution in [0.25, 0.3) is 11.8 Å². The molecule has 0 aromatic heterocycles. The van der Waals surface area contributed by atoms with Crippen LogP contribution in [0.15, 0.2) is 54.1 Å². The van der Waals surface area contributed by atoms with Gasteiger partial charge in [-0.05, 0) is 66.6 Å². The first-order valence-electron chi connectivity index (χ1n) is 7.13. The first-order chi connectivity index (χ1) is 11.1. The maximum absolute atomic E-state index is 12.1. The fraction of sp³-hybridized carbons (Fsp3) is 0.105. The third kappa shape index (κ3) is 3.30. The first kappa shape index (κ1) is 15.4. The number of ether oxygens (including phenoxy) is 2. The molecular formula is C19H15ClO3. The minimum absolute atomic E-state index is 0.356. The normalized spacial score (nSPS) is 15.5. The Kier molecular flexibility index (Phi) is 4.22. The lowest BCUT2D eigenvalue weighted by Gasteiger charge is -2.04. The Bertz CT molecular complexity index is 817. The van der Waals surface area contributed by atoms with Crippen LogP contribution in [0.1, 0.15) is 16.7 Å². The first-order valence-corrected chi connectivity index (χ1v) is 7.51. The minimum atomic E-state index is -0.356. The van der Waals surface area contributed by atoms with Gasteiger partial charge in [-0.3, -0.25) is 0 Å². The van der Waals surface area contributed by atoms with Crippen LogP contribution in [0.3, 0.4) is 0 Å². The molecule has 1 aliphatic heterocycles. The number of aryl methyl sites for hydroxylation is 1. The van der Waals surface area contributed by atoms with Crippen LogP contribution in [-0.2, 0) is 9.53 Å². The molecule has 3 rings (SSSR count). The van der Waals surface area contributed by atoms with Gasteiger partial charge in [-0.2, -0.15) is 0 Å². The third-order valence-electron chi connectivity index (χ3n) is 3.64. The average Bonchev–Trinajstić information content (AvgIpc) is 2.91. The second-order valence-corrected chi connectivity index (χ2v) is 5.66. The Morgan fingerprint density at radius 2 is 1.87 bits per heavy atom. The number of rotatable bonds is 3. The van der Waals surface area contributed by atoms with Gasteiger partial charge in [0, 0.05) is 10.6 Å². The van der Waals surface area contributed by atoms with Crippen molar-refractivity contribution in [3.8, 4) is 5.75 Å². The topological polar surface area (TPSA) is 35.5 Å². The van der Waals surface area contributed by atoms with E-state index in [0.717, 1.165) is 22.4 Å². The van der Waals surface area contributed by atoms with Crippen molar-refractivity contribution in [2.75, 3.05) is 7.11 Å². The zero-order chi connectivity index (χ0) is 16.4. The number of benzene rings is 2. The number of hydrogen-bond acceptors (Lipinski definition) is 3. The number of halogens is 1. The van der Waals surface area contributed by atoms with E-state index in [1.807, 2.05) is 43.3 Å². The summed E-state index contributed by atoms with van der Waals surface area (Å²) in [7, 11) is 1.63. The van der Waals surface area contributed by atoms with Crippen molar-refractivity contribution >= 4 is 29.4 Å². The van der Waals surface area contributed by atoms with Crippen molar-refractivity contribution in [2.24, 2.45) is 0 Å². The van der Waals surface area contributed by atoms with Crippen molar-refractivity contribution in [3.63, 3.8) is 0 Å². The monoisotopic (exact) mass is 326 g/mol. The van der Waals surface area contributed by atoms with Gasteiger partial charge in [0.15, 0.2) is 0 Å². The fourth-order valence-electron chi connectivity index (χ4n) is 2.35. The molecule has 0 spiro atoms. The van der Waals surface area contributed by atoms with E-state index in [0.29, 0.717) is 16.4 Å². The number of methoxy groups -OCH3 is 1. The SMILES string of the molecule is COc1ccc(/C=C2/C=C(c3ccc(Cl)cc3)OC2=O)c(C)c1. The summed E-state index contributed by atoms with van der Waals surface area (Å²) in [6.45, 7) is 1.97. The van der Waals surface area contributed by atoms with E-state index >= 15 is 0 Å². The molecule has 0 amide bonds. The molecule has 0 saturated carbocycles. The molecule has 4 heteroatoms. The van der Waals surface area contributed by atoms with E-state index in [2.05, 4.69) is 0 Å². The van der Waals surface area contributed by atoms with Crippen LogP contribution >= 0.6 is 11.6 Å². The summed E-state index contributed by atoms with van der Waals surface area (Å²) in [6.07, 6.45) is 3.56. The van der Waals surface area contributed by atoms with Gasteiger partial charge in [-0.25, -0.2) is 4.79 Å². The molecule has 0 atom stereocenters. The van der Waals surface area contributed by atoms with Crippen LogP contribution in [0.4, 0.5) is 0 Å². The van der Waals surface area contributed by atoms with Gasteiger partial charge < -0.3 is 9.47 Å². The van der Waals surface area contributed by atoms with E-state index in [1.165, 1.54) is 0 Å². The van der Waals surface area contributed by atoms with Gasteiger partial charge in [-0.1, -0.05) is 17.7 Å². The van der Waals surface area contributed by atoms with E-state index < -0.39 is 0 Å². The molecule has 0 N–H and O–H groups in total. The maximum Gasteiger partial charge on any atom is 0.343 e. The summed E-state index contributed by atoms with van der Waals surface area (Å²) in [5.41, 5.74) is 3.31. The van der Waals surface area contributed by atoms with E-state index in [9.17, 15) is 4.79 Å². The van der Waals surface area contributed by atoms with Crippen molar-refractivity contribution in [2.45, 2.75) is 6.92 Å². The van der Waals surface area contributed by atoms with Crippen molar-refractivity contribution in [1.82, 2.24) is 0 Å². The molecule has 0 radical (unpaired) electrons. The molecule has 1 heterocycles. The predicted molar refractivity (Wildman–Crippen MR) is 91.2 cm³/mol. The Hall–Kier alpha value is -2.52. The zero-order valence-corrected chi connectivity index (χ0v) is 13.6. The van der Waals surface area contributed by atoms with Gasteiger partial charge in [0.2, 0.25) is 0 Å². The van der Waals surface area contributed by atoms with E-state index in [4.69, 9.17) is 21.1 Å². The molecule has 0 bridgehead atoms. The fourth-order valence-corrected chi connectivity index (χ4v) is 2.48. The number of cyclic esters (lactones) is 1. The number of carbonyl (C=O) groups excluding carboxylic acids is 1. The Labute approximate surface area is 139 Å². The summed E-state index contributed by atoms with van der Waals surface area (Å²) in [6, 6.07) is 12.9. The highest BCUT2D eigenvalue weighted by atomic mass is 35.5. The third-order valence-corrected chi connectivity index (χ3v) is 3.89. The molecule has 0 unspecified atom stereocenters. The molecule has 23 heavy (non-hydrogen) atoms. The molecule has 3 nitrogen and oxygen atoms in total. The van der Waals surface area contributed by atoms with Crippen molar-refractivity contribution in [1.29, 1.82) is 0 Å². The molecule has 2 aromatic rings. The average molecular weight is 327 g/mol. The highest BCUT2D eigenvalue weighted by Crippen LogP contribution is 2.29. The Balaban J connectivity index is 1.93. The highest BCUT2D eigenvalue weighted by Gasteiger charge is 2.22. The van der Waals surface area contributed by atoms with E-state index in [-0.39, 0.29) is 5.97 Å². The van der Waals surface area contributed by atoms with Crippen LogP contribution in [0, 0.1) is 6.92 Å². The zero-order valence-electron chi connectivity index (χ0n) is 12.8. The lowest BCUT2D eigenvalue weighted by atomic mass is 10.0. The summed E-state index contributed by atoms with van der Waals surface area (Å²) in [5, 5.41) is 0.642. The second kappa shape index (κ2) is 6.31. The lowest BCUT2D eigenvalue weighted by molar-refractivity contribution is -0.130. The number of esters is 1. The predicted octanol–water partition coefficient (Wildman–Crippen LogP) is 4.64. The van der Waals surface area contributed by atoms with Gasteiger partial charge in [-0.15, -0.1) is 0 Å². The van der Waals surface area contributed by atoms with Crippen LogP contribution < -0.4 is 4.74 Å². The van der Waals surface area contributed by atoms with Gasteiger partial charge >= 0.3 is 5.97 Å². The molecule has 2 aromatic carbocycles. The summed E-state index contributed by atoms with van der Waals surface area (Å²) in [5.74, 6) is 0.963. The Morgan fingerprint density at radius 3 is 2.52 bits per heavy atom. The van der Waals surface area contributed by atoms with Gasteiger partial charge in [0.25, 0.3) is 0 Å². The smallest absolute Gasteiger partial charge is 0.343 e. The maximum atomic E-state index is 12.1. The quantitative estimate of drug-likeness (QED) is 0.609. The van der Waals surface area contributed by atoms with E-state index in [1.54, 1.807) is 25.3 Å². The van der Waals surface area contributed by atoms with Crippen LogP contribution in [0.2, 0.25) is 5.02 Å². The van der Waals surface area contributed by atoms with Crippen molar-refractivity contribution < 1.29 is 14.3 Å². The molecule has 0 fully saturated rings. The standard InChI is InChI=1S/C19H15ClO3/c1-12-9-17(22-2)8-5-14(12)10-15-11-18(23-19(15)21)13-3-6-16(20)7-4-13/h3-11H,1-2H3/b15-10-. The molecule has 0 aliphatic carbocycles. The second-order valence-electron chi connectivity index (χ2n) is 5.23. The minimum Gasteiger partial charge on any atom is -0.497 e. The molecule has 116 valence electrons. The van der Waals surface area contributed by atoms with Gasteiger partial charge in [0.05, 0.1) is 12.7 Å². The molecule has 1 aliphatic rings. The number of carbonyl (C=O) groups is 1. The lowest BCUT2D eigenvalue weighted by Crippen LogP contribution is -1.97. The molecule has 0 saturated heterocycles. The Morgan fingerprint density at radius 1 is 1.13 bits per heavy atom. The van der Waals surface area contributed by atoms with Gasteiger partial charge in [0.1, 0.15) is 11.5 Å². The molecular weight excluding hydrogens is 312 g/mol. The summed E-state index contributed by atoms with van der Waals surface area (Å²) < 4.78 is 10.5. The largest absolute Gasteiger partial charge is 0.497 e. The van der Waals surface area contributed by atoms with Crippen molar-refractivity contribution in [3.05, 3.63) is 75.8 Å². The number of hydrogen-bond donors (Lipinski definition) is 0. The highest BCUT2D eigenvalue weighted by molar-refractivity contribution is 6.30. The van der Waals surface area contributed by atoms with Crippen LogP contribution in [-0.4, -0.2) is 13.1 Å². The van der Waals surface area contributed by atoms with Crippen LogP contribution in [0.5, 0.6) is 5.75 Å². The summed E-state index contributed by atoms with van der Waals surface area (Å²) >= 11 is 5.88. The summed E-state index contributed by atoms with van der Waals surface area (Å²) in [4.78, 5) is 12.1.